The maximum atomic E-state index is 12.5. The van der Waals surface area contributed by atoms with Gasteiger partial charge in [-0.3, -0.25) is 9.59 Å². The van der Waals surface area contributed by atoms with Crippen molar-refractivity contribution in [2.45, 2.75) is 431 Å². The molecule has 0 aliphatic rings. The summed E-state index contributed by atoms with van der Waals surface area (Å²) in [5, 5.41) is 23.2. The van der Waals surface area contributed by atoms with Crippen LogP contribution in [0.1, 0.15) is 418 Å². The van der Waals surface area contributed by atoms with Gasteiger partial charge in [0.2, 0.25) is 5.91 Å². The van der Waals surface area contributed by atoms with Gasteiger partial charge in [0.15, 0.2) is 0 Å². The molecule has 480 valence electrons. The van der Waals surface area contributed by atoms with Gasteiger partial charge in [0.1, 0.15) is 0 Å². The van der Waals surface area contributed by atoms with Gasteiger partial charge in [0.25, 0.3) is 0 Å². The molecule has 0 aromatic heterocycles. The van der Waals surface area contributed by atoms with E-state index >= 15 is 0 Å². The Morgan fingerprint density at radius 3 is 0.877 bits per heavy atom. The lowest BCUT2D eigenvalue weighted by atomic mass is 10.0. The lowest BCUT2D eigenvalue weighted by molar-refractivity contribution is -0.143. The monoisotopic (exact) mass is 1140 g/mol. The van der Waals surface area contributed by atoms with Crippen LogP contribution in [0, 0.1) is 0 Å². The average molecular weight is 1140 g/mol. The normalized spacial score (nSPS) is 12.6. The first-order chi connectivity index (χ1) is 40.0. The smallest absolute Gasteiger partial charge is 0.305 e. The second-order valence-electron chi connectivity index (χ2n) is 25.6. The third-order valence-electron chi connectivity index (χ3n) is 17.5. The molecule has 0 saturated carbocycles. The highest BCUT2D eigenvalue weighted by molar-refractivity contribution is 5.76. The molecular formula is C75H145NO5. The van der Waals surface area contributed by atoms with E-state index in [0.717, 1.165) is 44.9 Å². The zero-order valence-electron chi connectivity index (χ0n) is 55.0. The second kappa shape index (κ2) is 70.8. The minimum Gasteiger partial charge on any atom is -0.466 e. The molecule has 2 atom stereocenters. The molecule has 81 heavy (non-hydrogen) atoms. The second-order valence-corrected chi connectivity index (χ2v) is 25.6. The van der Waals surface area contributed by atoms with Crippen LogP contribution in [0.3, 0.4) is 0 Å². The Hall–Kier alpha value is -1.66. The number of hydrogen-bond donors (Lipinski definition) is 3. The number of unbranched alkanes of at least 4 members (excludes halogenated alkanes) is 57. The molecule has 3 N–H and O–H groups in total. The van der Waals surface area contributed by atoms with Gasteiger partial charge in [-0.1, -0.05) is 372 Å². The minimum atomic E-state index is -0.841. The van der Waals surface area contributed by atoms with Crippen molar-refractivity contribution >= 4 is 11.9 Å². The van der Waals surface area contributed by atoms with Crippen LogP contribution in [-0.4, -0.2) is 47.4 Å². The number of amides is 1. The highest BCUT2D eigenvalue weighted by Gasteiger charge is 2.18. The third kappa shape index (κ3) is 67.3. The predicted octanol–water partition coefficient (Wildman–Crippen LogP) is 24.1. The van der Waals surface area contributed by atoms with Gasteiger partial charge in [-0.15, -0.1) is 0 Å². The van der Waals surface area contributed by atoms with E-state index in [0.29, 0.717) is 19.4 Å². The van der Waals surface area contributed by atoms with Crippen LogP contribution in [0.2, 0.25) is 0 Å². The van der Waals surface area contributed by atoms with Crippen LogP contribution in [0.5, 0.6) is 0 Å². The third-order valence-corrected chi connectivity index (χ3v) is 17.5. The van der Waals surface area contributed by atoms with Crippen LogP contribution >= 0.6 is 0 Å². The molecule has 0 radical (unpaired) electrons. The number of rotatable bonds is 70. The molecule has 0 saturated heterocycles. The fourth-order valence-corrected chi connectivity index (χ4v) is 11.8. The van der Waals surface area contributed by atoms with Crippen LogP contribution in [0.15, 0.2) is 24.3 Å². The number of ether oxygens (including phenoxy) is 1. The van der Waals surface area contributed by atoms with Gasteiger partial charge in [-0.2, -0.15) is 0 Å². The predicted molar refractivity (Wildman–Crippen MR) is 356 cm³/mol. The van der Waals surface area contributed by atoms with E-state index in [1.807, 2.05) is 6.08 Å². The number of carbonyl (C=O) groups excluding carboxylic acids is 2. The fourth-order valence-electron chi connectivity index (χ4n) is 11.8. The standard InChI is InChI=1S/C75H145NO5/c1-3-5-7-9-11-13-15-17-19-37-40-43-47-51-55-59-63-67-73(78)72(71-77)76-74(79)68-64-60-56-52-48-44-41-38-35-33-31-29-27-25-23-21-20-22-24-26-28-30-32-34-36-39-42-46-50-54-58-62-66-70-81-75(80)69-65-61-57-53-49-45-18-16-14-12-10-8-6-4-2/h16,18,63,67,72-73,77-78H,3-15,17,19-62,64-66,68-71H2,1-2H3,(H,76,79)/b18-16-,67-63+. The van der Waals surface area contributed by atoms with Crippen LogP contribution in [-0.2, 0) is 14.3 Å². The Kier molecular flexibility index (Phi) is 69.4. The molecule has 0 aromatic carbocycles. The summed E-state index contributed by atoms with van der Waals surface area (Å²) in [5.41, 5.74) is 0. The molecule has 0 bridgehead atoms. The van der Waals surface area contributed by atoms with E-state index in [9.17, 15) is 19.8 Å². The van der Waals surface area contributed by atoms with Crippen molar-refractivity contribution in [3.63, 3.8) is 0 Å². The molecule has 0 aliphatic heterocycles. The van der Waals surface area contributed by atoms with Crippen molar-refractivity contribution in [2.75, 3.05) is 13.2 Å². The maximum absolute atomic E-state index is 12.5. The first-order valence-electron chi connectivity index (χ1n) is 37.1. The van der Waals surface area contributed by atoms with Gasteiger partial charge >= 0.3 is 5.97 Å². The van der Waals surface area contributed by atoms with E-state index < -0.39 is 12.1 Å². The lowest BCUT2D eigenvalue weighted by Crippen LogP contribution is -2.45. The lowest BCUT2D eigenvalue weighted by Gasteiger charge is -2.20. The zero-order chi connectivity index (χ0) is 58.5. The number of esters is 1. The van der Waals surface area contributed by atoms with Crippen molar-refractivity contribution in [1.82, 2.24) is 5.32 Å². The summed E-state index contributed by atoms with van der Waals surface area (Å²) in [6, 6.07) is -0.624. The summed E-state index contributed by atoms with van der Waals surface area (Å²) < 4.78 is 5.49. The van der Waals surface area contributed by atoms with Crippen molar-refractivity contribution in [3.05, 3.63) is 24.3 Å². The van der Waals surface area contributed by atoms with E-state index in [1.165, 1.54) is 347 Å². The summed E-state index contributed by atoms with van der Waals surface area (Å²) in [6.45, 7) is 4.93. The summed E-state index contributed by atoms with van der Waals surface area (Å²) in [5.74, 6) is -0.0462. The van der Waals surface area contributed by atoms with E-state index in [-0.39, 0.29) is 18.5 Å². The Bertz CT molecular complexity index is 1270. The van der Waals surface area contributed by atoms with Gasteiger partial charge in [-0.25, -0.2) is 0 Å². The van der Waals surface area contributed by atoms with Crippen molar-refractivity contribution in [3.8, 4) is 0 Å². The summed E-state index contributed by atoms with van der Waals surface area (Å²) in [7, 11) is 0. The minimum absolute atomic E-state index is 0.0135. The van der Waals surface area contributed by atoms with E-state index in [1.54, 1.807) is 6.08 Å². The number of allylic oxidation sites excluding steroid dienone is 3. The molecule has 0 aromatic rings. The average Bonchev–Trinajstić information content (AvgIpc) is 3.47. The molecule has 6 heteroatoms. The van der Waals surface area contributed by atoms with Crippen LogP contribution in [0.25, 0.3) is 0 Å². The molecule has 1 amide bonds. The highest BCUT2D eigenvalue weighted by Crippen LogP contribution is 2.19. The van der Waals surface area contributed by atoms with Gasteiger partial charge in [0.05, 0.1) is 25.4 Å². The SMILES string of the molecule is CCCCCCC/C=C\CCCCCCCC(=O)OCCCCCCCCCCCCCCCCCCCCCCCCCCCCCCCCCCCC(=O)NC(CO)C(O)/C=C/CCCCCCCCCCCCCCCCC. The molecule has 0 rings (SSSR count). The van der Waals surface area contributed by atoms with E-state index in [2.05, 4.69) is 31.3 Å². The maximum Gasteiger partial charge on any atom is 0.305 e. The summed E-state index contributed by atoms with van der Waals surface area (Å²) in [4.78, 5) is 24.6. The first-order valence-corrected chi connectivity index (χ1v) is 37.1. The van der Waals surface area contributed by atoms with Gasteiger partial charge in [0, 0.05) is 12.8 Å². The number of hydrogen-bond acceptors (Lipinski definition) is 5. The molecule has 0 fully saturated rings. The quantitative estimate of drug-likeness (QED) is 0.0320. The number of carbonyl (C=O) groups is 2. The first kappa shape index (κ1) is 79.3. The van der Waals surface area contributed by atoms with Crippen LogP contribution < -0.4 is 5.32 Å². The number of nitrogens with one attached hydrogen (secondary N) is 1. The molecule has 0 aliphatic carbocycles. The Balaban J connectivity index is 3.33. The topological polar surface area (TPSA) is 95.9 Å². The Morgan fingerprint density at radius 2 is 0.580 bits per heavy atom. The Labute approximate surface area is 507 Å². The van der Waals surface area contributed by atoms with E-state index in [4.69, 9.17) is 4.74 Å². The molecule has 0 spiro atoms. The largest absolute Gasteiger partial charge is 0.466 e. The highest BCUT2D eigenvalue weighted by atomic mass is 16.5. The van der Waals surface area contributed by atoms with Crippen LogP contribution in [0.4, 0.5) is 0 Å². The number of aliphatic hydroxyl groups excluding tert-OH is 2. The summed E-state index contributed by atoms with van der Waals surface area (Å²) >= 11 is 0. The van der Waals surface area contributed by atoms with Gasteiger partial charge in [-0.05, 0) is 57.8 Å². The Morgan fingerprint density at radius 1 is 0.333 bits per heavy atom. The molecule has 6 nitrogen and oxygen atoms in total. The van der Waals surface area contributed by atoms with Crippen molar-refractivity contribution in [1.29, 1.82) is 0 Å². The van der Waals surface area contributed by atoms with Crippen molar-refractivity contribution in [2.24, 2.45) is 0 Å². The molecule has 2 unspecified atom stereocenters. The fraction of sp³-hybridized carbons (Fsp3) is 0.920. The zero-order valence-corrected chi connectivity index (χ0v) is 55.0. The summed E-state index contributed by atoms with van der Waals surface area (Å²) in [6.07, 6.45) is 90.0. The van der Waals surface area contributed by atoms with Crippen molar-refractivity contribution < 1.29 is 24.5 Å². The van der Waals surface area contributed by atoms with Gasteiger partial charge < -0.3 is 20.3 Å². The molecule has 0 heterocycles. The molecular weight excluding hydrogens is 995 g/mol. The number of aliphatic hydroxyl groups is 2.